The molecular formula is C22H40O3. The number of hydrogen-bond donors (Lipinski definition) is 2. The molecule has 1 atom stereocenters. The van der Waals surface area contributed by atoms with Gasteiger partial charge in [-0.3, -0.25) is 4.79 Å². The van der Waals surface area contributed by atoms with Crippen LogP contribution in [0.1, 0.15) is 103 Å². The van der Waals surface area contributed by atoms with Crippen LogP contribution >= 0.6 is 0 Å². The van der Waals surface area contributed by atoms with Crippen molar-refractivity contribution in [2.24, 2.45) is 0 Å². The van der Waals surface area contributed by atoms with E-state index in [0.717, 1.165) is 57.8 Å². The first kappa shape index (κ1) is 23.9. The molecule has 0 radical (unpaired) electrons. The Kier molecular flexibility index (Phi) is 18.4. The maximum atomic E-state index is 10.4. The number of hydrogen-bond acceptors (Lipinski definition) is 2. The fourth-order valence-corrected chi connectivity index (χ4v) is 2.81. The Labute approximate surface area is 155 Å². The lowest BCUT2D eigenvalue weighted by molar-refractivity contribution is -0.137. The summed E-state index contributed by atoms with van der Waals surface area (Å²) in [5, 5.41) is 18.5. The summed E-state index contributed by atoms with van der Waals surface area (Å²) in [6, 6.07) is 0. The number of aliphatic hydroxyl groups is 1. The third kappa shape index (κ3) is 20.9. The number of carbonyl (C=O) groups is 1. The molecule has 0 aromatic carbocycles. The molecule has 0 saturated carbocycles. The van der Waals surface area contributed by atoms with E-state index >= 15 is 0 Å². The molecule has 0 bridgehead atoms. The van der Waals surface area contributed by atoms with E-state index in [1.165, 1.54) is 32.1 Å². The van der Waals surface area contributed by atoms with Crippen molar-refractivity contribution in [2.75, 3.05) is 0 Å². The van der Waals surface area contributed by atoms with Gasteiger partial charge in [-0.2, -0.15) is 0 Å². The van der Waals surface area contributed by atoms with Gasteiger partial charge < -0.3 is 10.2 Å². The van der Waals surface area contributed by atoms with Crippen molar-refractivity contribution in [1.29, 1.82) is 0 Å². The third-order valence-corrected chi connectivity index (χ3v) is 4.42. The van der Waals surface area contributed by atoms with Crippen molar-refractivity contribution < 1.29 is 15.0 Å². The highest BCUT2D eigenvalue weighted by molar-refractivity contribution is 5.66. The largest absolute Gasteiger partial charge is 0.481 e. The Morgan fingerprint density at radius 3 is 2.20 bits per heavy atom. The second-order valence-corrected chi connectivity index (χ2v) is 6.97. The molecule has 3 nitrogen and oxygen atoms in total. The van der Waals surface area contributed by atoms with Gasteiger partial charge in [-0.15, -0.1) is 0 Å². The van der Waals surface area contributed by atoms with E-state index in [1.54, 1.807) is 0 Å². The zero-order chi connectivity index (χ0) is 18.6. The second kappa shape index (κ2) is 19.2. The maximum Gasteiger partial charge on any atom is 0.303 e. The Morgan fingerprint density at radius 1 is 0.840 bits per heavy atom. The summed E-state index contributed by atoms with van der Waals surface area (Å²) in [5.74, 6) is -0.696. The molecule has 0 aromatic heterocycles. The fourth-order valence-electron chi connectivity index (χ4n) is 2.81. The summed E-state index contributed by atoms with van der Waals surface area (Å²) in [7, 11) is 0. The number of carboxylic acid groups (broad SMARTS) is 1. The molecule has 0 rings (SSSR count). The van der Waals surface area contributed by atoms with Crippen LogP contribution in [0.15, 0.2) is 24.3 Å². The van der Waals surface area contributed by atoms with Crippen molar-refractivity contribution in [3.05, 3.63) is 24.3 Å². The Bertz CT molecular complexity index is 347. The lowest BCUT2D eigenvalue weighted by Crippen LogP contribution is -2.04. The van der Waals surface area contributed by atoms with Gasteiger partial charge in [-0.05, 0) is 38.5 Å². The summed E-state index contributed by atoms with van der Waals surface area (Å²) in [6.45, 7) is 2.24. The normalized spacial score (nSPS) is 13.0. The van der Waals surface area contributed by atoms with Gasteiger partial charge >= 0.3 is 5.97 Å². The highest BCUT2D eigenvalue weighted by atomic mass is 16.4. The third-order valence-electron chi connectivity index (χ3n) is 4.42. The summed E-state index contributed by atoms with van der Waals surface area (Å²) >= 11 is 0. The van der Waals surface area contributed by atoms with Crippen molar-refractivity contribution in [2.45, 2.75) is 109 Å². The molecule has 1 unspecified atom stereocenters. The minimum Gasteiger partial charge on any atom is -0.481 e. The van der Waals surface area contributed by atoms with E-state index in [1.807, 2.05) is 0 Å². The van der Waals surface area contributed by atoms with Crippen molar-refractivity contribution in [1.82, 2.24) is 0 Å². The van der Waals surface area contributed by atoms with E-state index < -0.39 is 5.97 Å². The van der Waals surface area contributed by atoms with Gasteiger partial charge in [0.2, 0.25) is 0 Å². The number of rotatable bonds is 18. The van der Waals surface area contributed by atoms with Gasteiger partial charge in [0.1, 0.15) is 0 Å². The zero-order valence-electron chi connectivity index (χ0n) is 16.3. The van der Waals surface area contributed by atoms with Crippen LogP contribution < -0.4 is 0 Å². The first-order chi connectivity index (χ1) is 12.2. The highest BCUT2D eigenvalue weighted by Gasteiger charge is 2.01. The van der Waals surface area contributed by atoms with Gasteiger partial charge in [0.25, 0.3) is 0 Å². The average Bonchev–Trinajstić information content (AvgIpc) is 2.58. The first-order valence-electron chi connectivity index (χ1n) is 10.4. The lowest BCUT2D eigenvalue weighted by Gasteiger charge is -2.07. The summed E-state index contributed by atoms with van der Waals surface area (Å²) < 4.78 is 0. The van der Waals surface area contributed by atoms with Crippen molar-refractivity contribution >= 4 is 5.97 Å². The van der Waals surface area contributed by atoms with Crippen LogP contribution in [0.2, 0.25) is 0 Å². The maximum absolute atomic E-state index is 10.4. The van der Waals surface area contributed by atoms with Gasteiger partial charge in [0.05, 0.1) is 6.10 Å². The number of allylic oxidation sites excluding steroid dienone is 3. The number of aliphatic hydroxyl groups excluding tert-OH is 1. The molecule has 25 heavy (non-hydrogen) atoms. The summed E-state index contributed by atoms with van der Waals surface area (Å²) in [4.78, 5) is 10.4. The molecule has 0 saturated heterocycles. The molecule has 3 heteroatoms. The monoisotopic (exact) mass is 352 g/mol. The molecule has 0 aromatic rings. The minimum atomic E-state index is -0.696. The topological polar surface area (TPSA) is 57.5 Å². The Hall–Kier alpha value is -1.09. The fraction of sp³-hybridized carbons (Fsp3) is 0.773. The molecule has 0 fully saturated rings. The zero-order valence-corrected chi connectivity index (χ0v) is 16.3. The first-order valence-corrected chi connectivity index (χ1v) is 10.4. The van der Waals surface area contributed by atoms with Crippen LogP contribution in [0, 0.1) is 0 Å². The van der Waals surface area contributed by atoms with Gasteiger partial charge in [0.15, 0.2) is 0 Å². The quantitative estimate of drug-likeness (QED) is 0.221. The van der Waals surface area contributed by atoms with E-state index in [9.17, 15) is 9.90 Å². The molecule has 0 aliphatic carbocycles. The predicted molar refractivity (Wildman–Crippen MR) is 107 cm³/mol. The van der Waals surface area contributed by atoms with E-state index in [4.69, 9.17) is 5.11 Å². The van der Waals surface area contributed by atoms with Crippen molar-refractivity contribution in [3.63, 3.8) is 0 Å². The summed E-state index contributed by atoms with van der Waals surface area (Å²) in [5.41, 5.74) is 0. The molecule has 0 aliphatic heterocycles. The molecule has 0 amide bonds. The van der Waals surface area contributed by atoms with Gasteiger partial charge in [0, 0.05) is 6.42 Å². The Morgan fingerprint density at radius 2 is 1.48 bits per heavy atom. The standard InChI is InChI=1S/C22H40O3/c1-2-3-4-5-6-7-8-9-12-15-18-21(23)19-16-13-10-11-14-17-20-22(24)25/h7-8,12,15,21,23H,2-6,9-11,13-14,16-20H2,1H3,(H,24,25). The van der Waals surface area contributed by atoms with Crippen LogP contribution in [-0.4, -0.2) is 22.3 Å². The molecule has 0 heterocycles. The predicted octanol–water partition coefficient (Wildman–Crippen LogP) is 6.42. The molecule has 2 N–H and O–H groups in total. The number of carboxylic acids is 1. The van der Waals surface area contributed by atoms with Crippen LogP contribution in [0.4, 0.5) is 0 Å². The average molecular weight is 353 g/mol. The second-order valence-electron chi connectivity index (χ2n) is 6.97. The Balaban J connectivity index is 3.35. The van der Waals surface area contributed by atoms with E-state index in [0.29, 0.717) is 6.42 Å². The van der Waals surface area contributed by atoms with Crippen LogP contribution in [0.25, 0.3) is 0 Å². The van der Waals surface area contributed by atoms with Crippen LogP contribution in [-0.2, 0) is 4.79 Å². The molecule has 0 spiro atoms. The molecular weight excluding hydrogens is 312 g/mol. The van der Waals surface area contributed by atoms with E-state index in [2.05, 4.69) is 31.2 Å². The summed E-state index contributed by atoms with van der Waals surface area (Å²) in [6.07, 6.45) is 24.1. The minimum absolute atomic E-state index is 0.221. The lowest BCUT2D eigenvalue weighted by atomic mass is 10.0. The van der Waals surface area contributed by atoms with Crippen LogP contribution in [0.5, 0.6) is 0 Å². The van der Waals surface area contributed by atoms with E-state index in [-0.39, 0.29) is 6.10 Å². The van der Waals surface area contributed by atoms with Crippen molar-refractivity contribution in [3.8, 4) is 0 Å². The number of unbranched alkanes of at least 4 members (excludes halogenated alkanes) is 9. The smallest absolute Gasteiger partial charge is 0.303 e. The number of aliphatic carboxylic acids is 1. The van der Waals surface area contributed by atoms with Gasteiger partial charge in [-0.25, -0.2) is 0 Å². The molecule has 0 aliphatic rings. The highest BCUT2D eigenvalue weighted by Crippen LogP contribution is 2.11. The SMILES string of the molecule is CCCCCCC=CCC=CCC(O)CCCCCCCCC(=O)O. The van der Waals surface area contributed by atoms with Gasteiger partial charge in [-0.1, -0.05) is 82.6 Å². The molecule has 146 valence electrons. The van der Waals surface area contributed by atoms with Crippen LogP contribution in [0.3, 0.4) is 0 Å².